The maximum absolute atomic E-state index is 13.5. The first-order chi connectivity index (χ1) is 15.0. The Labute approximate surface area is 191 Å². The van der Waals surface area contributed by atoms with Gasteiger partial charge in [0.25, 0.3) is 0 Å². The monoisotopic (exact) mass is 459 g/mol. The van der Waals surface area contributed by atoms with Crippen LogP contribution in [0.25, 0.3) is 0 Å². The molecule has 7 nitrogen and oxygen atoms in total. The van der Waals surface area contributed by atoms with Gasteiger partial charge in [-0.25, -0.2) is 8.42 Å². The molecule has 0 aromatic heterocycles. The molecule has 0 aliphatic heterocycles. The summed E-state index contributed by atoms with van der Waals surface area (Å²) < 4.78 is 26.3. The Bertz CT molecular complexity index is 1080. The van der Waals surface area contributed by atoms with Gasteiger partial charge >= 0.3 is 0 Å². The summed E-state index contributed by atoms with van der Waals surface area (Å²) in [5.74, 6) is -0.726. The molecule has 8 heteroatoms. The van der Waals surface area contributed by atoms with E-state index in [1.165, 1.54) is 11.9 Å². The number of rotatable bonds is 9. The summed E-state index contributed by atoms with van der Waals surface area (Å²) in [5.41, 5.74) is 4.29. The summed E-state index contributed by atoms with van der Waals surface area (Å²) in [6.45, 7) is 7.43. The molecule has 0 aliphatic rings. The summed E-state index contributed by atoms with van der Waals surface area (Å²) in [6.07, 6.45) is 1.48. The van der Waals surface area contributed by atoms with Gasteiger partial charge in [0, 0.05) is 13.6 Å². The molecule has 0 aliphatic carbocycles. The van der Waals surface area contributed by atoms with Crippen molar-refractivity contribution in [2.45, 2.75) is 46.7 Å². The van der Waals surface area contributed by atoms with Crippen LogP contribution < -0.4 is 9.62 Å². The zero-order chi connectivity index (χ0) is 24.1. The number of benzene rings is 2. The Morgan fingerprint density at radius 1 is 1.03 bits per heavy atom. The molecule has 2 aromatic carbocycles. The topological polar surface area (TPSA) is 86.8 Å². The largest absolute Gasteiger partial charge is 0.357 e. The number of hydrogen-bond donors (Lipinski definition) is 1. The maximum atomic E-state index is 13.5. The van der Waals surface area contributed by atoms with E-state index < -0.39 is 22.0 Å². The minimum atomic E-state index is -3.73. The van der Waals surface area contributed by atoms with E-state index >= 15 is 0 Å². The highest BCUT2D eigenvalue weighted by Gasteiger charge is 2.31. The molecule has 0 heterocycles. The third kappa shape index (κ3) is 6.32. The van der Waals surface area contributed by atoms with Crippen molar-refractivity contribution in [2.24, 2.45) is 0 Å². The second kappa shape index (κ2) is 10.6. The van der Waals surface area contributed by atoms with Gasteiger partial charge in [-0.2, -0.15) is 0 Å². The number of likely N-dealkylation sites (N-methyl/N-ethyl adjacent to an activating group) is 1. The molecule has 32 heavy (non-hydrogen) atoms. The predicted octanol–water partition coefficient (Wildman–Crippen LogP) is 2.93. The van der Waals surface area contributed by atoms with Crippen molar-refractivity contribution in [3.63, 3.8) is 0 Å². The third-order valence-electron chi connectivity index (χ3n) is 5.53. The number of hydrogen-bond acceptors (Lipinski definition) is 4. The lowest BCUT2D eigenvalue weighted by Gasteiger charge is -2.32. The molecule has 1 atom stereocenters. The fourth-order valence-electron chi connectivity index (χ4n) is 3.59. The van der Waals surface area contributed by atoms with E-state index in [9.17, 15) is 18.0 Å². The summed E-state index contributed by atoms with van der Waals surface area (Å²) in [6, 6.07) is 12.3. The van der Waals surface area contributed by atoms with Crippen LogP contribution in [0.15, 0.2) is 42.5 Å². The Balaban J connectivity index is 2.45. The first kappa shape index (κ1) is 25.4. The van der Waals surface area contributed by atoms with Crippen LogP contribution in [0.1, 0.15) is 35.6 Å². The molecule has 0 spiro atoms. The van der Waals surface area contributed by atoms with Crippen LogP contribution in [0.3, 0.4) is 0 Å². The minimum Gasteiger partial charge on any atom is -0.357 e. The molecule has 0 unspecified atom stereocenters. The van der Waals surface area contributed by atoms with E-state index in [-0.39, 0.29) is 19.0 Å². The minimum absolute atomic E-state index is 0.205. The highest BCUT2D eigenvalue weighted by Crippen LogP contribution is 2.22. The van der Waals surface area contributed by atoms with Crippen LogP contribution in [-0.2, 0) is 26.2 Å². The molecular weight excluding hydrogens is 426 g/mol. The fraction of sp³-hybridized carbons (Fsp3) is 0.417. The number of anilines is 1. The van der Waals surface area contributed by atoms with E-state index in [4.69, 9.17) is 0 Å². The molecule has 0 saturated carbocycles. The number of nitrogens with zero attached hydrogens (tertiary/aromatic N) is 2. The van der Waals surface area contributed by atoms with Crippen LogP contribution in [0.4, 0.5) is 5.69 Å². The van der Waals surface area contributed by atoms with E-state index in [1.807, 2.05) is 58.0 Å². The number of nitrogens with one attached hydrogen (secondary N) is 1. The summed E-state index contributed by atoms with van der Waals surface area (Å²) in [5, 5.41) is 2.61. The van der Waals surface area contributed by atoms with Crippen LogP contribution in [0.2, 0.25) is 0 Å². The summed E-state index contributed by atoms with van der Waals surface area (Å²) in [7, 11) is -2.20. The highest BCUT2D eigenvalue weighted by atomic mass is 32.2. The van der Waals surface area contributed by atoms with Crippen LogP contribution in [0.5, 0.6) is 0 Å². The van der Waals surface area contributed by atoms with E-state index in [1.54, 1.807) is 12.1 Å². The molecular formula is C24H33N3O4S. The number of sulfonamides is 1. The van der Waals surface area contributed by atoms with Crippen LogP contribution in [0, 0.1) is 20.8 Å². The molecule has 0 fully saturated rings. The normalized spacial score (nSPS) is 12.2. The lowest BCUT2D eigenvalue weighted by molar-refractivity contribution is -0.140. The van der Waals surface area contributed by atoms with Crippen molar-refractivity contribution < 1.29 is 18.0 Å². The summed E-state index contributed by atoms with van der Waals surface area (Å²) in [4.78, 5) is 27.5. The maximum Gasteiger partial charge on any atom is 0.244 e. The number of amides is 2. The molecule has 0 saturated heterocycles. The lowest BCUT2D eigenvalue weighted by Crippen LogP contribution is -2.51. The van der Waals surface area contributed by atoms with Gasteiger partial charge in [0.2, 0.25) is 21.8 Å². The molecule has 2 aromatic rings. The molecule has 2 rings (SSSR count). The van der Waals surface area contributed by atoms with Gasteiger partial charge in [-0.05, 0) is 56.0 Å². The standard InChI is InChI=1S/C24H33N3O4S/c1-7-22(24(29)25-5)26(15-20-10-8-9-17(2)13-20)23(28)16-27(32(6,30)31)21-12-11-18(3)19(4)14-21/h8-14,22H,7,15-16H2,1-6H3,(H,25,29)/t22-/m0/s1. The van der Waals surface area contributed by atoms with Gasteiger partial charge in [0.1, 0.15) is 12.6 Å². The van der Waals surface area contributed by atoms with Crippen LogP contribution >= 0.6 is 0 Å². The Morgan fingerprint density at radius 2 is 1.72 bits per heavy atom. The molecule has 2 amide bonds. The molecule has 1 N–H and O–H groups in total. The van der Waals surface area contributed by atoms with Crippen LogP contribution in [-0.4, -0.2) is 51.0 Å². The van der Waals surface area contributed by atoms with Gasteiger partial charge in [0.15, 0.2) is 0 Å². The van der Waals surface area contributed by atoms with Gasteiger partial charge in [-0.15, -0.1) is 0 Å². The SMILES string of the molecule is CC[C@@H](C(=O)NC)N(Cc1cccc(C)c1)C(=O)CN(c1ccc(C)c(C)c1)S(C)(=O)=O. The fourth-order valence-corrected chi connectivity index (χ4v) is 4.43. The van der Waals surface area contributed by atoms with Crippen molar-refractivity contribution in [1.29, 1.82) is 0 Å². The average molecular weight is 460 g/mol. The van der Waals surface area contributed by atoms with Gasteiger partial charge in [-0.3, -0.25) is 13.9 Å². The zero-order valence-electron chi connectivity index (χ0n) is 19.7. The smallest absolute Gasteiger partial charge is 0.244 e. The lowest BCUT2D eigenvalue weighted by atomic mass is 10.1. The van der Waals surface area contributed by atoms with Gasteiger partial charge in [0.05, 0.1) is 11.9 Å². The van der Waals surface area contributed by atoms with E-state index in [2.05, 4.69) is 5.32 Å². The number of carbonyl (C=O) groups excluding carboxylic acids is 2. The number of carbonyl (C=O) groups is 2. The first-order valence-electron chi connectivity index (χ1n) is 10.6. The quantitative estimate of drug-likeness (QED) is 0.625. The zero-order valence-corrected chi connectivity index (χ0v) is 20.5. The average Bonchev–Trinajstić information content (AvgIpc) is 2.72. The summed E-state index contributed by atoms with van der Waals surface area (Å²) >= 11 is 0. The van der Waals surface area contributed by atoms with Crippen molar-refractivity contribution in [3.8, 4) is 0 Å². The van der Waals surface area contributed by atoms with E-state index in [0.717, 1.165) is 32.8 Å². The third-order valence-corrected chi connectivity index (χ3v) is 6.67. The van der Waals surface area contributed by atoms with Gasteiger partial charge in [-0.1, -0.05) is 42.8 Å². The second-order valence-electron chi connectivity index (χ2n) is 8.09. The van der Waals surface area contributed by atoms with Crippen molar-refractivity contribution in [2.75, 3.05) is 24.2 Å². The molecule has 0 bridgehead atoms. The Hall–Kier alpha value is -2.87. The Kier molecular flexibility index (Phi) is 8.44. The predicted molar refractivity (Wildman–Crippen MR) is 128 cm³/mol. The molecule has 0 radical (unpaired) electrons. The van der Waals surface area contributed by atoms with E-state index in [0.29, 0.717) is 12.1 Å². The highest BCUT2D eigenvalue weighted by molar-refractivity contribution is 7.92. The second-order valence-corrected chi connectivity index (χ2v) is 9.99. The number of aryl methyl sites for hydroxylation is 3. The molecule has 174 valence electrons. The van der Waals surface area contributed by atoms with Crippen molar-refractivity contribution in [1.82, 2.24) is 10.2 Å². The van der Waals surface area contributed by atoms with Crippen molar-refractivity contribution in [3.05, 3.63) is 64.7 Å². The first-order valence-corrected chi connectivity index (χ1v) is 12.4. The Morgan fingerprint density at radius 3 is 2.25 bits per heavy atom. The van der Waals surface area contributed by atoms with Crippen molar-refractivity contribution >= 4 is 27.5 Å². The van der Waals surface area contributed by atoms with Gasteiger partial charge < -0.3 is 10.2 Å².